The Balaban J connectivity index is 1.49. The van der Waals surface area contributed by atoms with Crippen LogP contribution in [0.2, 0.25) is 0 Å². The van der Waals surface area contributed by atoms with E-state index in [-0.39, 0.29) is 24.2 Å². The minimum absolute atomic E-state index is 0.0853. The normalized spacial score (nSPS) is 18.3. The molecule has 1 aliphatic heterocycles. The molecule has 3 aromatic heterocycles. The van der Waals surface area contributed by atoms with Crippen LogP contribution in [0.1, 0.15) is 29.4 Å². The van der Waals surface area contributed by atoms with Crippen LogP contribution < -0.4 is 16.2 Å². The number of allylic oxidation sites excluding steroid dienone is 2. The molecule has 0 spiro atoms. The molecule has 1 amide bonds. The van der Waals surface area contributed by atoms with Crippen LogP contribution in [0.3, 0.4) is 0 Å². The van der Waals surface area contributed by atoms with Crippen LogP contribution in [0.25, 0.3) is 11.1 Å². The highest BCUT2D eigenvalue weighted by Gasteiger charge is 2.35. The molecule has 0 bridgehead atoms. The van der Waals surface area contributed by atoms with Gasteiger partial charge in [0.2, 0.25) is 5.96 Å². The third kappa shape index (κ3) is 4.81. The van der Waals surface area contributed by atoms with Gasteiger partial charge in [0.05, 0.1) is 24.9 Å². The first-order valence-electron chi connectivity index (χ1n) is 11.8. The molecule has 36 heavy (non-hydrogen) atoms. The van der Waals surface area contributed by atoms with Gasteiger partial charge < -0.3 is 14.6 Å². The first-order chi connectivity index (χ1) is 17.5. The zero-order valence-electron chi connectivity index (χ0n) is 20.0. The summed E-state index contributed by atoms with van der Waals surface area (Å²) >= 11 is 0. The summed E-state index contributed by atoms with van der Waals surface area (Å²) in [7, 11) is 0. The zero-order chi connectivity index (χ0) is 25.1. The quantitative estimate of drug-likeness (QED) is 0.579. The van der Waals surface area contributed by atoms with E-state index in [4.69, 9.17) is 4.74 Å². The molecule has 2 aliphatic rings. The Bertz CT molecular complexity index is 1430. The van der Waals surface area contributed by atoms with E-state index in [9.17, 15) is 9.59 Å². The van der Waals surface area contributed by atoms with E-state index in [0.29, 0.717) is 12.5 Å². The van der Waals surface area contributed by atoms with Gasteiger partial charge in [-0.05, 0) is 67.0 Å². The van der Waals surface area contributed by atoms with Gasteiger partial charge in [0.15, 0.2) is 0 Å². The molecule has 3 aromatic rings. The lowest BCUT2D eigenvalue weighted by atomic mass is 9.87. The van der Waals surface area contributed by atoms with E-state index in [0.717, 1.165) is 33.7 Å². The summed E-state index contributed by atoms with van der Waals surface area (Å²) in [6, 6.07) is 12.7. The molecule has 0 fully saturated rings. The van der Waals surface area contributed by atoms with Crippen molar-refractivity contribution >= 4 is 23.2 Å². The summed E-state index contributed by atoms with van der Waals surface area (Å²) in [4.78, 5) is 38.3. The summed E-state index contributed by atoms with van der Waals surface area (Å²) < 4.78 is 6.73. The van der Waals surface area contributed by atoms with E-state index in [1.165, 1.54) is 0 Å². The van der Waals surface area contributed by atoms with Gasteiger partial charge in [0.25, 0.3) is 5.56 Å². The highest BCUT2D eigenvalue weighted by Crippen LogP contribution is 2.34. The first-order valence-corrected chi connectivity index (χ1v) is 11.8. The van der Waals surface area contributed by atoms with E-state index in [1.54, 1.807) is 36.1 Å². The Labute approximate surface area is 208 Å². The Morgan fingerprint density at radius 3 is 2.72 bits per heavy atom. The Morgan fingerprint density at radius 1 is 1.17 bits per heavy atom. The second kappa shape index (κ2) is 9.99. The minimum Gasteiger partial charge on any atom is -0.450 e. The molecule has 0 saturated carbocycles. The van der Waals surface area contributed by atoms with Crippen LogP contribution in [-0.4, -0.2) is 45.3 Å². The maximum Gasteiger partial charge on any atom is 0.413 e. The van der Waals surface area contributed by atoms with Crippen LogP contribution in [0.15, 0.2) is 83.0 Å². The maximum atomic E-state index is 13.1. The summed E-state index contributed by atoms with van der Waals surface area (Å²) in [5, 5.41) is 5.91. The molecular formula is C27H26N6O3. The summed E-state index contributed by atoms with van der Waals surface area (Å²) in [6.07, 6.45) is 8.66. The van der Waals surface area contributed by atoms with E-state index >= 15 is 0 Å². The zero-order valence-corrected chi connectivity index (χ0v) is 20.0. The Kier molecular flexibility index (Phi) is 6.44. The van der Waals surface area contributed by atoms with Crippen LogP contribution in [0.5, 0.6) is 0 Å². The summed E-state index contributed by atoms with van der Waals surface area (Å²) in [6.45, 7) is 4.42. The fourth-order valence-electron chi connectivity index (χ4n) is 4.42. The molecule has 0 radical (unpaired) electrons. The average Bonchev–Trinajstić information content (AvgIpc) is 3.29. The van der Waals surface area contributed by atoms with Crippen molar-refractivity contribution in [2.24, 2.45) is 4.99 Å². The van der Waals surface area contributed by atoms with Crippen molar-refractivity contribution in [2.75, 3.05) is 6.61 Å². The second-order valence-corrected chi connectivity index (χ2v) is 8.54. The Hall–Kier alpha value is -4.53. The number of alkyl carbamates (subject to hydrolysis) is 1. The molecule has 0 aromatic carbocycles. The second-order valence-electron chi connectivity index (χ2n) is 8.54. The van der Waals surface area contributed by atoms with Crippen LogP contribution in [-0.2, 0) is 11.3 Å². The van der Waals surface area contributed by atoms with E-state index in [1.807, 2.05) is 55.5 Å². The largest absolute Gasteiger partial charge is 0.450 e. The lowest BCUT2D eigenvalue weighted by molar-refractivity contribution is 0.157. The molecule has 2 unspecified atom stereocenters. The van der Waals surface area contributed by atoms with Crippen molar-refractivity contribution in [3.8, 4) is 0 Å². The number of aromatic nitrogens is 3. The number of hydrogen-bond acceptors (Lipinski definition) is 7. The predicted octanol–water partition coefficient (Wildman–Crippen LogP) is 2.92. The number of amides is 1. The number of aryl methyl sites for hydroxylation is 1. The monoisotopic (exact) mass is 482 g/mol. The molecule has 1 aliphatic carbocycles. The Morgan fingerprint density at radius 2 is 2.00 bits per heavy atom. The number of fused-ring (bicyclic) bond motifs is 1. The smallest absolute Gasteiger partial charge is 0.413 e. The predicted molar refractivity (Wildman–Crippen MR) is 137 cm³/mol. The third-order valence-electron chi connectivity index (χ3n) is 6.12. The van der Waals surface area contributed by atoms with Crippen LogP contribution in [0, 0.1) is 6.92 Å². The van der Waals surface area contributed by atoms with Crippen molar-refractivity contribution < 1.29 is 9.53 Å². The lowest BCUT2D eigenvalue weighted by Gasteiger charge is -2.24. The number of nitrogens with one attached hydrogen (secondary N) is 2. The summed E-state index contributed by atoms with van der Waals surface area (Å²) in [5.41, 5.74) is 5.14. The van der Waals surface area contributed by atoms with Gasteiger partial charge in [0, 0.05) is 35.9 Å². The van der Waals surface area contributed by atoms with Crippen molar-refractivity contribution in [2.45, 2.75) is 32.5 Å². The molecule has 182 valence electrons. The molecule has 2 atom stereocenters. The highest BCUT2D eigenvalue weighted by molar-refractivity contribution is 5.98. The maximum absolute atomic E-state index is 13.1. The summed E-state index contributed by atoms with van der Waals surface area (Å²) in [5.74, 6) is 0.340. The minimum atomic E-state index is -0.566. The number of pyridine rings is 3. The van der Waals surface area contributed by atoms with Crippen molar-refractivity contribution in [1.29, 1.82) is 0 Å². The number of rotatable bonds is 5. The molecule has 9 heteroatoms. The van der Waals surface area contributed by atoms with Gasteiger partial charge in [0.1, 0.15) is 6.04 Å². The highest BCUT2D eigenvalue weighted by atomic mass is 16.5. The molecule has 9 nitrogen and oxygen atoms in total. The van der Waals surface area contributed by atoms with Gasteiger partial charge >= 0.3 is 6.09 Å². The van der Waals surface area contributed by atoms with E-state index < -0.39 is 6.09 Å². The topological polar surface area (TPSA) is 110 Å². The number of aliphatic imine (C=N–C) groups is 1. The van der Waals surface area contributed by atoms with Gasteiger partial charge in [-0.3, -0.25) is 20.1 Å². The van der Waals surface area contributed by atoms with Crippen LogP contribution in [0.4, 0.5) is 4.79 Å². The van der Waals surface area contributed by atoms with Crippen molar-refractivity contribution in [3.63, 3.8) is 0 Å². The van der Waals surface area contributed by atoms with Crippen LogP contribution >= 0.6 is 0 Å². The van der Waals surface area contributed by atoms with Crippen molar-refractivity contribution in [1.82, 2.24) is 25.2 Å². The molecular weight excluding hydrogens is 456 g/mol. The number of ether oxygens (including phenoxy) is 1. The number of carbonyl (C=O) groups is 1. The number of carbonyl (C=O) groups excluding carboxylic acids is 1. The number of hydrogen-bond donors (Lipinski definition) is 2. The van der Waals surface area contributed by atoms with Gasteiger partial charge in [-0.25, -0.2) is 9.79 Å². The number of guanidine groups is 1. The lowest BCUT2D eigenvalue weighted by Crippen LogP contribution is -2.43. The van der Waals surface area contributed by atoms with E-state index in [2.05, 4.69) is 25.6 Å². The van der Waals surface area contributed by atoms with Gasteiger partial charge in [-0.1, -0.05) is 12.1 Å². The SMILES string of the molecule is CCOC(=O)NC1=NC2C(c3ccccn3)=CC(c3cc(C)n(Cc4ccncc4)c(=O)c3)=CC2N1. The molecule has 4 heterocycles. The first kappa shape index (κ1) is 23.2. The number of nitrogens with zero attached hydrogens (tertiary/aromatic N) is 4. The molecule has 0 saturated heterocycles. The fraction of sp³-hybridized carbons (Fsp3) is 0.222. The standard InChI is InChI=1S/C27H26N6O3/c1-3-36-27(35)32-26-30-23-14-20(13-21(25(23)31-26)22-6-4-5-9-29-22)19-12-17(2)33(24(34)15-19)16-18-7-10-28-11-8-18/h4-15,23,25H,3,16H2,1-2H3,(H2,30,31,32,35). The van der Waals surface area contributed by atoms with Gasteiger partial charge in [-0.15, -0.1) is 0 Å². The molecule has 5 rings (SSSR count). The molecule has 2 N–H and O–H groups in total. The third-order valence-corrected chi connectivity index (χ3v) is 6.12. The van der Waals surface area contributed by atoms with Gasteiger partial charge in [-0.2, -0.15) is 0 Å². The average molecular weight is 483 g/mol. The van der Waals surface area contributed by atoms with Crippen molar-refractivity contribution in [3.05, 3.63) is 106 Å². The fourth-order valence-corrected chi connectivity index (χ4v) is 4.42.